The molecule has 0 aromatic carbocycles. The maximum atomic E-state index is 12.7. The van der Waals surface area contributed by atoms with Crippen LogP contribution in [-0.4, -0.2) is 47.9 Å². The minimum Gasteiger partial charge on any atom is -0.466 e. The van der Waals surface area contributed by atoms with Crippen molar-refractivity contribution in [3.63, 3.8) is 0 Å². The van der Waals surface area contributed by atoms with E-state index >= 15 is 0 Å². The molecule has 2 fully saturated rings. The van der Waals surface area contributed by atoms with Gasteiger partial charge in [0.15, 0.2) is 0 Å². The molecule has 4 aliphatic rings. The van der Waals surface area contributed by atoms with E-state index in [1.807, 2.05) is 13.8 Å². The number of nitrogens with one attached hydrogen (secondary N) is 4. The van der Waals surface area contributed by atoms with Crippen LogP contribution in [0.1, 0.15) is 104 Å². The monoisotopic (exact) mass is 498 g/mol. The number of ether oxygens (including phenoxy) is 2. The smallest absolute Gasteiger partial charge is 0.256 e. The Labute approximate surface area is 214 Å². The van der Waals surface area contributed by atoms with E-state index in [0.717, 1.165) is 88.2 Å². The molecule has 0 saturated heterocycles. The number of hydrogen-bond acceptors (Lipinski definition) is 6. The molecule has 2 aliphatic heterocycles. The average molecular weight is 499 g/mol. The summed E-state index contributed by atoms with van der Waals surface area (Å²) in [5.74, 6) is -0.369. The highest BCUT2D eigenvalue weighted by atomic mass is 16.5. The zero-order valence-electron chi connectivity index (χ0n) is 21.9. The second-order valence-electron chi connectivity index (χ2n) is 10.9. The van der Waals surface area contributed by atoms with Gasteiger partial charge in [-0.3, -0.25) is 20.4 Å². The second-order valence-corrected chi connectivity index (χ2v) is 10.9. The lowest BCUT2D eigenvalue weighted by Gasteiger charge is -2.33. The van der Waals surface area contributed by atoms with Gasteiger partial charge in [0, 0.05) is 13.1 Å². The Balaban J connectivity index is 1.14. The molecule has 36 heavy (non-hydrogen) atoms. The van der Waals surface area contributed by atoms with Crippen molar-refractivity contribution < 1.29 is 19.1 Å². The zero-order chi connectivity index (χ0) is 25.8. The number of carbonyl (C=O) groups excluding carboxylic acids is 2. The van der Waals surface area contributed by atoms with E-state index in [1.54, 1.807) is 0 Å². The summed E-state index contributed by atoms with van der Waals surface area (Å²) in [4.78, 5) is 25.4. The molecular weight excluding hydrogens is 456 g/mol. The maximum Gasteiger partial charge on any atom is 0.256 e. The van der Waals surface area contributed by atoms with Gasteiger partial charge in [-0.25, -0.2) is 0 Å². The minimum atomic E-state index is -0.429. The van der Waals surface area contributed by atoms with Crippen LogP contribution >= 0.6 is 0 Å². The van der Waals surface area contributed by atoms with E-state index in [2.05, 4.69) is 10.6 Å². The lowest BCUT2D eigenvalue weighted by atomic mass is 9.79. The van der Waals surface area contributed by atoms with E-state index in [-0.39, 0.29) is 23.6 Å². The first-order valence-electron chi connectivity index (χ1n) is 13.8. The summed E-state index contributed by atoms with van der Waals surface area (Å²) in [5, 5.41) is 22.3. The highest BCUT2D eigenvalue weighted by Gasteiger charge is 2.47. The predicted octanol–water partition coefficient (Wildman–Crippen LogP) is 4.83. The molecule has 0 aromatic rings. The molecule has 8 heteroatoms. The van der Waals surface area contributed by atoms with Crippen molar-refractivity contribution in [2.75, 3.05) is 13.1 Å². The summed E-state index contributed by atoms with van der Waals surface area (Å²) >= 11 is 0. The average Bonchev–Trinajstić information content (AvgIpc) is 3.24. The molecule has 0 radical (unpaired) electrons. The highest BCUT2D eigenvalue weighted by molar-refractivity contribution is 6.20. The van der Waals surface area contributed by atoms with Crippen LogP contribution in [0.5, 0.6) is 0 Å². The third kappa shape index (κ3) is 5.23. The normalized spacial score (nSPS) is 22.7. The Morgan fingerprint density at radius 2 is 1.03 bits per heavy atom. The third-order valence-electron chi connectivity index (χ3n) is 8.62. The van der Waals surface area contributed by atoms with Crippen LogP contribution in [0.15, 0.2) is 22.3 Å². The van der Waals surface area contributed by atoms with Crippen LogP contribution in [0.4, 0.5) is 0 Å². The molecule has 4 N–H and O–H groups in total. The van der Waals surface area contributed by atoms with E-state index in [4.69, 9.17) is 20.3 Å². The fourth-order valence-corrected chi connectivity index (χ4v) is 6.37. The Morgan fingerprint density at radius 3 is 1.39 bits per heavy atom. The van der Waals surface area contributed by atoms with Gasteiger partial charge >= 0.3 is 0 Å². The van der Waals surface area contributed by atoms with Crippen molar-refractivity contribution >= 4 is 23.6 Å². The van der Waals surface area contributed by atoms with Crippen LogP contribution in [0.25, 0.3) is 0 Å². The lowest BCUT2D eigenvalue weighted by molar-refractivity contribution is -0.117. The standard InChI is InChI=1S/C28H42N4O4/c1-19-21(23(29)35-27(19)13-7-5-8-14-27)25(33)31-17-11-3-4-12-18-32-26(34)22-20(2)28(36-24(22)30)15-9-6-10-16-28/h29-30H,3-18H2,1-2H3,(H,31,33)(H,32,34). The summed E-state index contributed by atoms with van der Waals surface area (Å²) in [6.07, 6.45) is 13.8. The molecule has 0 aromatic heterocycles. The number of hydrogen-bond donors (Lipinski definition) is 4. The van der Waals surface area contributed by atoms with Crippen molar-refractivity contribution in [2.45, 2.75) is 115 Å². The van der Waals surface area contributed by atoms with E-state index in [9.17, 15) is 9.59 Å². The fraction of sp³-hybridized carbons (Fsp3) is 0.714. The molecule has 2 saturated carbocycles. The zero-order valence-corrected chi connectivity index (χ0v) is 21.9. The Kier molecular flexibility index (Phi) is 8.20. The third-order valence-corrected chi connectivity index (χ3v) is 8.62. The van der Waals surface area contributed by atoms with E-state index < -0.39 is 11.2 Å². The Bertz CT molecular complexity index is 890. The molecule has 0 unspecified atom stereocenters. The molecule has 0 bridgehead atoms. The molecule has 2 amide bonds. The summed E-state index contributed by atoms with van der Waals surface area (Å²) in [5.41, 5.74) is 1.81. The molecule has 2 spiro atoms. The quantitative estimate of drug-likeness (QED) is 0.340. The first-order valence-corrected chi connectivity index (χ1v) is 13.8. The molecule has 2 heterocycles. The van der Waals surface area contributed by atoms with Crippen LogP contribution in [-0.2, 0) is 19.1 Å². The molecule has 8 nitrogen and oxygen atoms in total. The van der Waals surface area contributed by atoms with Gasteiger partial charge in [-0.15, -0.1) is 0 Å². The summed E-state index contributed by atoms with van der Waals surface area (Å²) in [6.45, 7) is 5.01. The first-order chi connectivity index (χ1) is 17.3. The largest absolute Gasteiger partial charge is 0.466 e. The van der Waals surface area contributed by atoms with Crippen molar-refractivity contribution in [3.8, 4) is 0 Å². The fourth-order valence-electron chi connectivity index (χ4n) is 6.37. The number of carbonyl (C=O) groups is 2. The molecule has 4 rings (SSSR count). The number of amides is 2. The van der Waals surface area contributed by atoms with Crippen molar-refractivity contribution in [1.29, 1.82) is 10.8 Å². The van der Waals surface area contributed by atoms with E-state index in [1.165, 1.54) is 12.8 Å². The van der Waals surface area contributed by atoms with Gasteiger partial charge in [0.1, 0.15) is 22.3 Å². The second kappa shape index (κ2) is 11.2. The maximum absolute atomic E-state index is 12.7. The topological polar surface area (TPSA) is 124 Å². The first kappa shape index (κ1) is 26.4. The highest BCUT2D eigenvalue weighted by Crippen LogP contribution is 2.44. The van der Waals surface area contributed by atoms with Gasteiger partial charge in [-0.1, -0.05) is 25.7 Å². The van der Waals surface area contributed by atoms with Gasteiger partial charge in [0.05, 0.1) is 0 Å². The molecular formula is C28H42N4O4. The molecule has 0 atom stereocenters. The molecule has 198 valence electrons. The SMILES string of the molecule is CC1=C(C(=O)NCCCCCCNC(=O)C2=C(C)C3(CCCCC3)OC2=N)C(=N)OC12CCCCC2. The van der Waals surface area contributed by atoms with Gasteiger partial charge in [0.25, 0.3) is 11.8 Å². The van der Waals surface area contributed by atoms with Gasteiger partial charge < -0.3 is 20.1 Å². The van der Waals surface area contributed by atoms with Crippen LogP contribution in [0, 0.1) is 10.8 Å². The summed E-state index contributed by atoms with van der Waals surface area (Å²) in [7, 11) is 0. The molecule has 2 aliphatic carbocycles. The lowest BCUT2D eigenvalue weighted by Crippen LogP contribution is -2.33. The van der Waals surface area contributed by atoms with Gasteiger partial charge in [-0.2, -0.15) is 0 Å². The van der Waals surface area contributed by atoms with Gasteiger partial charge in [-0.05, 0) is 89.2 Å². The van der Waals surface area contributed by atoms with Crippen LogP contribution < -0.4 is 10.6 Å². The van der Waals surface area contributed by atoms with Crippen LogP contribution in [0.3, 0.4) is 0 Å². The van der Waals surface area contributed by atoms with Crippen LogP contribution in [0.2, 0.25) is 0 Å². The minimum absolute atomic E-state index is 0.0168. The Morgan fingerprint density at radius 1 is 0.667 bits per heavy atom. The van der Waals surface area contributed by atoms with Crippen molar-refractivity contribution in [2.24, 2.45) is 0 Å². The van der Waals surface area contributed by atoms with Gasteiger partial charge in [0.2, 0.25) is 11.8 Å². The van der Waals surface area contributed by atoms with Crippen molar-refractivity contribution in [3.05, 3.63) is 22.3 Å². The predicted molar refractivity (Wildman–Crippen MR) is 139 cm³/mol. The summed E-state index contributed by atoms with van der Waals surface area (Å²) in [6, 6.07) is 0. The number of unbranched alkanes of at least 4 members (excludes halogenated alkanes) is 3. The van der Waals surface area contributed by atoms with E-state index in [0.29, 0.717) is 24.2 Å². The number of rotatable bonds is 9. The summed E-state index contributed by atoms with van der Waals surface area (Å²) < 4.78 is 11.8. The Hall–Kier alpha value is -2.64. The van der Waals surface area contributed by atoms with Crippen molar-refractivity contribution in [1.82, 2.24) is 10.6 Å².